The van der Waals surface area contributed by atoms with Gasteiger partial charge < -0.3 is 18.0 Å². The first-order valence-corrected chi connectivity index (χ1v) is 22.8. The van der Waals surface area contributed by atoms with Crippen LogP contribution < -0.4 is 0 Å². The normalized spacial score (nSPS) is 12.2. The molecular formula is C62H37N3O2. The Labute approximate surface area is 383 Å². The van der Waals surface area contributed by atoms with Crippen LogP contribution in [0.25, 0.3) is 138 Å². The molecule has 5 heterocycles. The molecule has 0 spiro atoms. The number of hydrogen-bond acceptors (Lipinski definition) is 2. The number of hydrogen-bond donors (Lipinski definition) is 0. The highest BCUT2D eigenvalue weighted by Gasteiger charge is 2.22. The summed E-state index contributed by atoms with van der Waals surface area (Å²) in [5.41, 5.74) is 17.3. The Balaban J connectivity index is 0.840. The van der Waals surface area contributed by atoms with E-state index in [0.717, 1.165) is 77.7 Å². The van der Waals surface area contributed by atoms with Crippen LogP contribution in [0.1, 0.15) is 0 Å². The highest BCUT2D eigenvalue weighted by molar-refractivity contribution is 6.24. The maximum atomic E-state index is 6.74. The molecule has 0 aliphatic heterocycles. The number of rotatable bonds is 5. The average molecular weight is 856 g/mol. The minimum absolute atomic E-state index is 0.861. The van der Waals surface area contributed by atoms with Gasteiger partial charge in [0.15, 0.2) is 0 Å². The number of para-hydroxylation sites is 5. The van der Waals surface area contributed by atoms with Crippen LogP contribution in [0, 0.1) is 0 Å². The zero-order chi connectivity index (χ0) is 43.7. The molecule has 0 bridgehead atoms. The number of nitrogens with zero attached hydrogens (tertiary/aromatic N) is 3. The number of fused-ring (bicyclic) bond motifs is 14. The molecule has 10 aromatic carbocycles. The SMILES string of the molecule is c1ccc(-n2c3ccccc3c3c4c(-c5ccc(-n6c7ccccc7c7cc(-c8ccc9c(c8)c8ccccc8n9-c8ccc9oc%10ccccc%10c9c8)ccc76)cc5)cccc4oc32)cc1. The van der Waals surface area contributed by atoms with Crippen molar-refractivity contribution in [3.63, 3.8) is 0 Å². The highest BCUT2D eigenvalue weighted by atomic mass is 16.3. The van der Waals surface area contributed by atoms with Crippen molar-refractivity contribution in [3.8, 4) is 39.3 Å². The summed E-state index contributed by atoms with van der Waals surface area (Å²) >= 11 is 0. The Morgan fingerprint density at radius 1 is 0.254 bits per heavy atom. The summed E-state index contributed by atoms with van der Waals surface area (Å²) in [5, 5.41) is 10.6. The molecular weight excluding hydrogens is 819 g/mol. The van der Waals surface area contributed by atoms with Crippen LogP contribution in [0.3, 0.4) is 0 Å². The molecule has 5 heteroatoms. The summed E-state index contributed by atoms with van der Waals surface area (Å²) in [6.07, 6.45) is 0. The Kier molecular flexibility index (Phi) is 7.44. The van der Waals surface area contributed by atoms with Crippen molar-refractivity contribution in [2.45, 2.75) is 0 Å². The molecule has 0 aliphatic carbocycles. The van der Waals surface area contributed by atoms with Crippen molar-refractivity contribution in [3.05, 3.63) is 224 Å². The topological polar surface area (TPSA) is 41.1 Å². The zero-order valence-electron chi connectivity index (χ0n) is 36.0. The van der Waals surface area contributed by atoms with Gasteiger partial charge in [-0.15, -0.1) is 0 Å². The molecule has 0 saturated carbocycles. The summed E-state index contributed by atoms with van der Waals surface area (Å²) in [7, 11) is 0. The summed E-state index contributed by atoms with van der Waals surface area (Å²) in [6, 6.07) is 80.7. The van der Waals surface area contributed by atoms with E-state index in [1.165, 1.54) is 60.1 Å². The third-order valence-electron chi connectivity index (χ3n) is 14.1. The molecule has 5 nitrogen and oxygen atoms in total. The van der Waals surface area contributed by atoms with E-state index < -0.39 is 0 Å². The fraction of sp³-hybridized carbons (Fsp3) is 0. The Hall–Kier alpha value is -9.06. The monoisotopic (exact) mass is 855 g/mol. The molecule has 0 aliphatic rings. The van der Waals surface area contributed by atoms with Crippen molar-refractivity contribution >= 4 is 98.5 Å². The third kappa shape index (κ3) is 5.19. The van der Waals surface area contributed by atoms with Crippen molar-refractivity contribution < 1.29 is 8.83 Å². The average Bonchev–Trinajstić information content (AvgIpc) is 4.19. The molecule has 5 aromatic heterocycles. The minimum atomic E-state index is 0.861. The largest absolute Gasteiger partial charge is 0.456 e. The van der Waals surface area contributed by atoms with Crippen molar-refractivity contribution in [1.82, 2.24) is 13.7 Å². The van der Waals surface area contributed by atoms with E-state index in [1.54, 1.807) is 0 Å². The van der Waals surface area contributed by atoms with Crippen LogP contribution in [0.15, 0.2) is 233 Å². The van der Waals surface area contributed by atoms with Crippen molar-refractivity contribution in [1.29, 1.82) is 0 Å². The first-order valence-electron chi connectivity index (χ1n) is 22.8. The predicted octanol–water partition coefficient (Wildman–Crippen LogP) is 17.0. The van der Waals surface area contributed by atoms with E-state index in [9.17, 15) is 0 Å². The Morgan fingerprint density at radius 3 is 1.46 bits per heavy atom. The highest BCUT2D eigenvalue weighted by Crippen LogP contribution is 2.44. The molecule has 15 aromatic rings. The van der Waals surface area contributed by atoms with Crippen LogP contribution in [0.4, 0.5) is 0 Å². The number of furan rings is 2. The fourth-order valence-corrected chi connectivity index (χ4v) is 11.1. The smallest absolute Gasteiger partial charge is 0.213 e. The van der Waals surface area contributed by atoms with E-state index in [1.807, 2.05) is 12.1 Å². The third-order valence-corrected chi connectivity index (χ3v) is 14.1. The van der Waals surface area contributed by atoms with Gasteiger partial charge in [0.25, 0.3) is 0 Å². The molecule has 312 valence electrons. The molecule has 15 rings (SSSR count). The second kappa shape index (κ2) is 13.7. The van der Waals surface area contributed by atoms with Crippen LogP contribution in [0.2, 0.25) is 0 Å². The van der Waals surface area contributed by atoms with Gasteiger partial charge in [-0.3, -0.25) is 4.57 Å². The maximum absolute atomic E-state index is 6.74. The first-order chi connectivity index (χ1) is 33.2. The second-order valence-electron chi connectivity index (χ2n) is 17.6. The maximum Gasteiger partial charge on any atom is 0.213 e. The van der Waals surface area contributed by atoms with E-state index in [-0.39, 0.29) is 0 Å². The number of benzene rings is 10. The van der Waals surface area contributed by atoms with Gasteiger partial charge >= 0.3 is 0 Å². The first kappa shape index (κ1) is 36.3. The van der Waals surface area contributed by atoms with Gasteiger partial charge in [-0.2, -0.15) is 0 Å². The molecule has 0 radical (unpaired) electrons. The van der Waals surface area contributed by atoms with Gasteiger partial charge in [-0.05, 0) is 119 Å². The van der Waals surface area contributed by atoms with Gasteiger partial charge in [-0.1, -0.05) is 127 Å². The molecule has 0 unspecified atom stereocenters. The summed E-state index contributed by atoms with van der Waals surface area (Å²) in [5.74, 6) is 0. The summed E-state index contributed by atoms with van der Waals surface area (Å²) in [4.78, 5) is 0. The van der Waals surface area contributed by atoms with Crippen molar-refractivity contribution in [2.24, 2.45) is 0 Å². The van der Waals surface area contributed by atoms with Gasteiger partial charge in [0.05, 0.1) is 33.0 Å². The van der Waals surface area contributed by atoms with Crippen LogP contribution >= 0.6 is 0 Å². The van der Waals surface area contributed by atoms with Gasteiger partial charge in [0, 0.05) is 60.2 Å². The van der Waals surface area contributed by atoms with Gasteiger partial charge in [0.1, 0.15) is 16.7 Å². The van der Waals surface area contributed by atoms with E-state index in [4.69, 9.17) is 8.83 Å². The lowest BCUT2D eigenvalue weighted by Gasteiger charge is -2.11. The van der Waals surface area contributed by atoms with E-state index >= 15 is 0 Å². The molecule has 67 heavy (non-hydrogen) atoms. The minimum Gasteiger partial charge on any atom is -0.456 e. The Morgan fingerprint density at radius 2 is 0.761 bits per heavy atom. The summed E-state index contributed by atoms with van der Waals surface area (Å²) in [6.45, 7) is 0. The second-order valence-corrected chi connectivity index (χ2v) is 17.6. The van der Waals surface area contributed by atoms with E-state index in [0.29, 0.717) is 0 Å². The molecule has 0 amide bonds. The molecule has 0 saturated heterocycles. The molecule has 0 fully saturated rings. The van der Waals surface area contributed by atoms with Crippen molar-refractivity contribution in [2.75, 3.05) is 0 Å². The lowest BCUT2D eigenvalue weighted by atomic mass is 9.99. The van der Waals surface area contributed by atoms with Crippen LogP contribution in [0.5, 0.6) is 0 Å². The lowest BCUT2D eigenvalue weighted by Crippen LogP contribution is -1.94. The summed E-state index contributed by atoms with van der Waals surface area (Å²) < 4.78 is 20.0. The fourth-order valence-electron chi connectivity index (χ4n) is 11.1. The van der Waals surface area contributed by atoms with Crippen LogP contribution in [-0.2, 0) is 0 Å². The van der Waals surface area contributed by atoms with Gasteiger partial charge in [0.2, 0.25) is 5.71 Å². The lowest BCUT2D eigenvalue weighted by molar-refractivity contribution is 0.645. The predicted molar refractivity (Wildman–Crippen MR) is 277 cm³/mol. The quantitative estimate of drug-likeness (QED) is 0.173. The molecule has 0 atom stereocenters. The van der Waals surface area contributed by atoms with Crippen LogP contribution in [-0.4, -0.2) is 13.7 Å². The molecule has 0 N–H and O–H groups in total. The Bertz CT molecular complexity index is 4500. The van der Waals surface area contributed by atoms with Gasteiger partial charge in [-0.25, -0.2) is 0 Å². The number of aromatic nitrogens is 3. The van der Waals surface area contributed by atoms with E-state index in [2.05, 4.69) is 226 Å². The zero-order valence-corrected chi connectivity index (χ0v) is 36.0. The standard InChI is InChI=1S/C62H37N3O2/c1-2-13-41(14-3-1)65-54-22-10-6-18-48(54)61-60-44(19-12-24-59(60)67-62(61)65)38-25-29-42(30-26-38)63-52-20-8-4-15-45(52)49-35-39(27-32-55(49)63)40-28-33-56-50(36-40)46-16-5-9-21-53(46)64(56)43-31-34-58-51(37-43)47-17-7-11-23-57(47)66-58/h1-37H.